The molecule has 2 aromatic heterocycles. The summed E-state index contributed by atoms with van der Waals surface area (Å²) in [5, 5.41) is 9.80. The smallest absolute Gasteiger partial charge is 0.196 e. The lowest BCUT2D eigenvalue weighted by Gasteiger charge is -2.22. The van der Waals surface area contributed by atoms with Gasteiger partial charge in [0.05, 0.1) is 12.7 Å². The number of thioether (sulfide) groups is 1. The van der Waals surface area contributed by atoms with Crippen molar-refractivity contribution in [2.45, 2.75) is 37.4 Å². The molecule has 146 valence electrons. The van der Waals surface area contributed by atoms with Crippen molar-refractivity contribution < 1.29 is 9.47 Å². The third kappa shape index (κ3) is 4.36. The summed E-state index contributed by atoms with van der Waals surface area (Å²) in [5.41, 5.74) is 1.93. The van der Waals surface area contributed by atoms with E-state index < -0.39 is 0 Å². The van der Waals surface area contributed by atoms with Crippen LogP contribution in [0, 0.1) is 0 Å². The highest BCUT2D eigenvalue weighted by atomic mass is 32.2. The number of aromatic nitrogens is 4. The Labute approximate surface area is 169 Å². The molecule has 1 fully saturated rings. The van der Waals surface area contributed by atoms with Crippen LogP contribution < -0.4 is 4.74 Å². The molecule has 0 unspecified atom stereocenters. The van der Waals surface area contributed by atoms with Gasteiger partial charge in [-0.05, 0) is 62.6 Å². The van der Waals surface area contributed by atoms with Crippen molar-refractivity contribution in [1.29, 1.82) is 0 Å². The first kappa shape index (κ1) is 19.0. The number of hydrogen-bond acceptors (Lipinski definition) is 6. The zero-order valence-electron chi connectivity index (χ0n) is 16.0. The van der Waals surface area contributed by atoms with Gasteiger partial charge in [0.15, 0.2) is 11.0 Å². The van der Waals surface area contributed by atoms with E-state index in [-0.39, 0.29) is 6.10 Å². The number of benzene rings is 1. The number of rotatable bonds is 7. The predicted molar refractivity (Wildman–Crippen MR) is 110 cm³/mol. The van der Waals surface area contributed by atoms with E-state index in [1.807, 2.05) is 49.5 Å². The van der Waals surface area contributed by atoms with Crippen LogP contribution in [-0.2, 0) is 4.74 Å². The maximum atomic E-state index is 5.87. The van der Waals surface area contributed by atoms with Crippen molar-refractivity contribution in [3.05, 3.63) is 48.8 Å². The Hall–Kier alpha value is -2.38. The number of ether oxygens (including phenoxy) is 2. The lowest BCUT2D eigenvalue weighted by molar-refractivity contribution is 0.0315. The molecule has 7 heteroatoms. The van der Waals surface area contributed by atoms with Crippen LogP contribution in [0.25, 0.3) is 17.1 Å². The van der Waals surface area contributed by atoms with Gasteiger partial charge >= 0.3 is 0 Å². The fraction of sp³-hybridized carbons (Fsp3) is 0.381. The van der Waals surface area contributed by atoms with Crippen molar-refractivity contribution >= 4 is 11.8 Å². The summed E-state index contributed by atoms with van der Waals surface area (Å²) in [6.07, 6.45) is 7.36. The highest BCUT2D eigenvalue weighted by Crippen LogP contribution is 2.30. The first-order chi connectivity index (χ1) is 13.8. The molecule has 1 aliphatic rings. The van der Waals surface area contributed by atoms with E-state index in [4.69, 9.17) is 9.47 Å². The van der Waals surface area contributed by atoms with Crippen molar-refractivity contribution in [3.63, 3.8) is 0 Å². The summed E-state index contributed by atoms with van der Waals surface area (Å²) in [6.45, 7) is 3.49. The van der Waals surface area contributed by atoms with E-state index in [0.717, 1.165) is 53.2 Å². The summed E-state index contributed by atoms with van der Waals surface area (Å²) in [4.78, 5) is 4.24. The van der Waals surface area contributed by atoms with Gasteiger partial charge in [-0.15, -0.1) is 10.2 Å². The lowest BCUT2D eigenvalue weighted by atomic mass is 10.1. The van der Waals surface area contributed by atoms with E-state index >= 15 is 0 Å². The Morgan fingerprint density at radius 2 is 2.07 bits per heavy atom. The van der Waals surface area contributed by atoms with Gasteiger partial charge in [0.25, 0.3) is 0 Å². The minimum atomic E-state index is 0.283. The molecule has 1 atom stereocenters. The van der Waals surface area contributed by atoms with Crippen LogP contribution in [0.3, 0.4) is 0 Å². The summed E-state index contributed by atoms with van der Waals surface area (Å²) in [5.74, 6) is 2.51. The standard InChI is InChI=1S/C21H24N4O2S/c1-2-26-18-10-8-17(9-11-18)25-20(16-6-5-12-22-14-16)23-24-21(25)28-15-19-7-3-4-13-27-19/h5-6,8-12,14,19H,2-4,7,13,15H2,1H3/t19-/m1/s1. The molecule has 1 saturated heterocycles. The minimum Gasteiger partial charge on any atom is -0.494 e. The Morgan fingerprint density at radius 3 is 2.79 bits per heavy atom. The molecule has 3 aromatic rings. The highest BCUT2D eigenvalue weighted by molar-refractivity contribution is 7.99. The maximum Gasteiger partial charge on any atom is 0.196 e. The molecule has 1 aromatic carbocycles. The minimum absolute atomic E-state index is 0.283. The van der Waals surface area contributed by atoms with Crippen LogP contribution >= 0.6 is 11.8 Å². The number of nitrogens with zero attached hydrogens (tertiary/aromatic N) is 4. The zero-order valence-corrected chi connectivity index (χ0v) is 16.8. The lowest BCUT2D eigenvalue weighted by Crippen LogP contribution is -2.21. The fourth-order valence-electron chi connectivity index (χ4n) is 3.24. The Bertz CT molecular complexity index is 877. The second-order valence-electron chi connectivity index (χ2n) is 6.61. The molecule has 6 nitrogen and oxygen atoms in total. The first-order valence-corrected chi connectivity index (χ1v) is 10.7. The quantitative estimate of drug-likeness (QED) is 0.552. The second kappa shape index (κ2) is 9.21. The average Bonchev–Trinajstić information content (AvgIpc) is 3.18. The van der Waals surface area contributed by atoms with Crippen molar-refractivity contribution in [1.82, 2.24) is 19.7 Å². The first-order valence-electron chi connectivity index (χ1n) is 9.68. The van der Waals surface area contributed by atoms with E-state index in [2.05, 4.69) is 19.7 Å². The highest BCUT2D eigenvalue weighted by Gasteiger charge is 2.20. The summed E-state index contributed by atoms with van der Waals surface area (Å²) in [6, 6.07) is 11.9. The van der Waals surface area contributed by atoms with Crippen molar-refractivity contribution in [2.24, 2.45) is 0 Å². The molecule has 0 amide bonds. The zero-order chi connectivity index (χ0) is 19.2. The fourth-order valence-corrected chi connectivity index (χ4v) is 4.26. The molecule has 28 heavy (non-hydrogen) atoms. The van der Waals surface area contributed by atoms with Gasteiger partial charge in [-0.25, -0.2) is 0 Å². The second-order valence-corrected chi connectivity index (χ2v) is 7.60. The molecule has 0 spiro atoms. The molecule has 0 bridgehead atoms. The Morgan fingerprint density at radius 1 is 1.18 bits per heavy atom. The molecule has 0 radical (unpaired) electrons. The third-order valence-electron chi connectivity index (χ3n) is 4.63. The average molecular weight is 397 g/mol. The molecule has 0 saturated carbocycles. The van der Waals surface area contributed by atoms with Gasteiger partial charge < -0.3 is 9.47 Å². The predicted octanol–water partition coefficient (Wildman–Crippen LogP) is 4.39. The van der Waals surface area contributed by atoms with E-state index in [9.17, 15) is 0 Å². The van der Waals surface area contributed by atoms with Crippen molar-refractivity contribution in [3.8, 4) is 22.8 Å². The molecule has 1 aliphatic heterocycles. The van der Waals surface area contributed by atoms with E-state index in [1.54, 1.807) is 18.0 Å². The molecule has 3 heterocycles. The summed E-state index contributed by atoms with van der Waals surface area (Å²) < 4.78 is 13.5. The van der Waals surface area contributed by atoms with E-state index in [0.29, 0.717) is 6.61 Å². The monoisotopic (exact) mass is 396 g/mol. The summed E-state index contributed by atoms with van der Waals surface area (Å²) in [7, 11) is 0. The van der Waals surface area contributed by atoms with Crippen LogP contribution in [0.5, 0.6) is 5.75 Å². The SMILES string of the molecule is CCOc1ccc(-n2c(SC[C@H]3CCCCO3)nnc2-c2cccnc2)cc1. The molecular formula is C21H24N4O2S. The third-order valence-corrected chi connectivity index (χ3v) is 5.69. The van der Waals surface area contributed by atoms with Gasteiger partial charge in [0.2, 0.25) is 0 Å². The van der Waals surface area contributed by atoms with Crippen molar-refractivity contribution in [2.75, 3.05) is 19.0 Å². The molecule has 0 N–H and O–H groups in total. The van der Waals surface area contributed by atoms with Crippen LogP contribution in [0.2, 0.25) is 0 Å². The molecular weight excluding hydrogens is 372 g/mol. The van der Waals surface area contributed by atoms with Crippen LogP contribution in [0.15, 0.2) is 53.9 Å². The van der Waals surface area contributed by atoms with Gasteiger partial charge in [0.1, 0.15) is 5.75 Å². The normalized spacial score (nSPS) is 16.8. The molecule has 0 aliphatic carbocycles. The Kier molecular flexibility index (Phi) is 6.24. The van der Waals surface area contributed by atoms with Gasteiger partial charge in [-0.3, -0.25) is 9.55 Å². The maximum absolute atomic E-state index is 5.87. The van der Waals surface area contributed by atoms with Gasteiger partial charge in [-0.2, -0.15) is 0 Å². The Balaban J connectivity index is 1.65. The van der Waals surface area contributed by atoms with Crippen LogP contribution in [-0.4, -0.2) is 44.8 Å². The molecule has 4 rings (SSSR count). The number of hydrogen-bond donors (Lipinski definition) is 0. The number of pyridine rings is 1. The van der Waals surface area contributed by atoms with Crippen LogP contribution in [0.4, 0.5) is 0 Å². The van der Waals surface area contributed by atoms with E-state index in [1.165, 1.54) is 6.42 Å². The van der Waals surface area contributed by atoms with Gasteiger partial charge in [-0.1, -0.05) is 11.8 Å². The summed E-state index contributed by atoms with van der Waals surface area (Å²) >= 11 is 1.69. The topological polar surface area (TPSA) is 62.1 Å². The van der Waals surface area contributed by atoms with Gasteiger partial charge in [0, 0.05) is 36.0 Å². The van der Waals surface area contributed by atoms with Crippen LogP contribution in [0.1, 0.15) is 26.2 Å². The largest absolute Gasteiger partial charge is 0.494 e.